The monoisotopic (exact) mass is 806 g/mol. The molecule has 1 fully saturated rings. The van der Waals surface area contributed by atoms with Gasteiger partial charge in [0.1, 0.15) is 23.2 Å². The number of carbonyl (C=O) groups is 2. The fourth-order valence-electron chi connectivity index (χ4n) is 8.68. The Morgan fingerprint density at radius 3 is 2.23 bits per heavy atom. The highest BCUT2D eigenvalue weighted by Gasteiger charge is 2.54. The Morgan fingerprint density at radius 1 is 0.982 bits per heavy atom. The molecule has 300 valence electrons. The van der Waals surface area contributed by atoms with Crippen molar-refractivity contribution in [3.8, 4) is 10.8 Å². The van der Waals surface area contributed by atoms with Gasteiger partial charge in [-0.3, -0.25) is 9.59 Å². The summed E-state index contributed by atoms with van der Waals surface area (Å²) < 4.78 is 24.1. The van der Waals surface area contributed by atoms with E-state index in [-0.39, 0.29) is 30.2 Å². The molecule has 0 bridgehead atoms. The van der Waals surface area contributed by atoms with Gasteiger partial charge in [-0.1, -0.05) is 113 Å². The van der Waals surface area contributed by atoms with Crippen LogP contribution < -0.4 is 15.3 Å². The lowest BCUT2D eigenvalue weighted by atomic mass is 9.68. The third-order valence-electron chi connectivity index (χ3n) is 12.2. The van der Waals surface area contributed by atoms with Crippen molar-refractivity contribution in [2.24, 2.45) is 11.3 Å². The predicted molar refractivity (Wildman–Crippen MR) is 227 cm³/mol. The lowest BCUT2D eigenvalue weighted by Crippen LogP contribution is -2.66. The number of carbonyl (C=O) groups excluding carboxylic acids is 2. The number of fused-ring (bicyclic) bond motifs is 1. The first-order valence-electron chi connectivity index (χ1n) is 19.9. The molecule has 1 saturated heterocycles. The van der Waals surface area contributed by atoms with E-state index in [0.29, 0.717) is 44.4 Å². The van der Waals surface area contributed by atoms with Gasteiger partial charge in [0, 0.05) is 45.2 Å². The van der Waals surface area contributed by atoms with Crippen molar-refractivity contribution < 1.29 is 33.0 Å². The lowest BCUT2D eigenvalue weighted by Gasteiger charge is -2.45. The van der Waals surface area contributed by atoms with Gasteiger partial charge in [-0.05, 0) is 51.9 Å². The van der Waals surface area contributed by atoms with Crippen molar-refractivity contribution in [1.82, 2.24) is 4.98 Å². The van der Waals surface area contributed by atoms with Crippen molar-refractivity contribution in [1.29, 1.82) is 0 Å². The molecule has 4 heterocycles. The fraction of sp³-hybridized carbons (Fsp3) is 0.413. The van der Waals surface area contributed by atoms with Gasteiger partial charge >= 0.3 is 0 Å². The maximum Gasteiger partial charge on any atom is 0.258 e. The van der Waals surface area contributed by atoms with E-state index in [2.05, 4.69) is 22.0 Å². The summed E-state index contributed by atoms with van der Waals surface area (Å²) >= 11 is 1.50. The third-order valence-corrected chi connectivity index (χ3v) is 18.0. The molecule has 2 atom stereocenters. The summed E-state index contributed by atoms with van der Waals surface area (Å²) in [5.74, 6) is -0.350. The van der Waals surface area contributed by atoms with E-state index in [4.69, 9.17) is 18.6 Å². The molecule has 11 heteroatoms. The van der Waals surface area contributed by atoms with Gasteiger partial charge in [-0.15, -0.1) is 11.3 Å². The van der Waals surface area contributed by atoms with E-state index in [9.17, 15) is 4.80 Å². The number of oxazole rings is 1. The minimum Gasteiger partial charge on any atom is -0.444 e. The zero-order valence-corrected chi connectivity index (χ0v) is 35.6. The average molecular weight is 807 g/mol. The van der Waals surface area contributed by atoms with Gasteiger partial charge in [0.25, 0.3) is 8.32 Å². The molecule has 1 unspecified atom stereocenters. The number of hydrogen-bond donors (Lipinski definition) is 1. The number of nitrogens with zero attached hydrogens (tertiary/aromatic N) is 2. The standard InChI is InChI=1S/C46H54N2O7SSi/c1-31-40-41(50)37(46(4,5)39(49)27-45(2,3)57(51,34-16-9-7-10-17-34)35-18-11-8-12-19-35)28-48(44(40)56-42(31)43-47-23-26-54-43)29-38(55-33-21-24-53-25-22-33)36-20-14-13-15-32(36)30-52-6/h7-20,23,26,33,37-38,51H,21-22,24-25,27-30H2,1-6H3/t37?,38-/m0/s1. The molecular formula is C46H54N2O7SSi. The zero-order valence-electron chi connectivity index (χ0n) is 33.8. The molecule has 2 aromatic heterocycles. The molecule has 57 heavy (non-hydrogen) atoms. The Morgan fingerprint density at radius 2 is 1.61 bits per heavy atom. The second kappa shape index (κ2) is 16.9. The maximum atomic E-state index is 15.0. The van der Waals surface area contributed by atoms with Gasteiger partial charge in [0.15, 0.2) is 5.78 Å². The topological polar surface area (TPSA) is 111 Å². The molecule has 3 aromatic carbocycles. The number of hydrogen-bond acceptors (Lipinski definition) is 10. The SMILES string of the molecule is COCc1ccccc1[C@H](CN1CC(C(C)(C)C(=O)CC(C)(C)[Si](O)(c2ccccc2)c2ccccc2)C(=O)c2c1sc(-c1ncco1)c2C)OC1CCOCC1. The van der Waals surface area contributed by atoms with E-state index in [0.717, 1.165) is 49.8 Å². The number of ether oxygens (including phenoxy) is 3. The number of thiophene rings is 1. The highest BCUT2D eigenvalue weighted by atomic mass is 32.1. The Balaban J connectivity index is 1.27. The summed E-state index contributed by atoms with van der Waals surface area (Å²) in [5.41, 5.74) is 2.37. The van der Waals surface area contributed by atoms with Crippen LogP contribution in [-0.4, -0.2) is 69.2 Å². The number of ketones is 2. The third kappa shape index (κ3) is 7.98. The number of Topliss-reactive ketones (excluding diaryl/α,β-unsaturated/α-hetero) is 2. The van der Waals surface area contributed by atoms with Gasteiger partial charge in [0.05, 0.1) is 35.3 Å². The van der Waals surface area contributed by atoms with Crippen LogP contribution in [0.3, 0.4) is 0 Å². The lowest BCUT2D eigenvalue weighted by molar-refractivity contribution is -0.129. The summed E-state index contributed by atoms with van der Waals surface area (Å²) in [6.45, 7) is 12.2. The van der Waals surface area contributed by atoms with Crippen LogP contribution >= 0.6 is 11.3 Å². The molecule has 9 nitrogen and oxygen atoms in total. The summed E-state index contributed by atoms with van der Waals surface area (Å²) in [6, 6.07) is 27.7. The number of methoxy groups -OCH3 is 1. The molecule has 5 aromatic rings. The summed E-state index contributed by atoms with van der Waals surface area (Å²) in [4.78, 5) is 50.5. The van der Waals surface area contributed by atoms with E-state index in [1.807, 2.05) is 107 Å². The van der Waals surface area contributed by atoms with Gasteiger partial charge in [-0.2, -0.15) is 0 Å². The summed E-state index contributed by atoms with van der Waals surface area (Å²) in [6.07, 6.45) is 4.48. The van der Waals surface area contributed by atoms with Crippen molar-refractivity contribution >= 4 is 46.6 Å². The molecule has 2 aliphatic rings. The molecule has 7 rings (SSSR count). The zero-order chi connectivity index (χ0) is 40.4. The van der Waals surface area contributed by atoms with Crippen LogP contribution in [0.4, 0.5) is 5.00 Å². The highest BCUT2D eigenvalue weighted by molar-refractivity contribution is 7.20. The Kier molecular flexibility index (Phi) is 12.2. The molecule has 0 radical (unpaired) electrons. The van der Waals surface area contributed by atoms with Crippen molar-refractivity contribution in [3.63, 3.8) is 0 Å². The molecule has 2 aliphatic heterocycles. The predicted octanol–water partition coefficient (Wildman–Crippen LogP) is 7.93. The van der Waals surface area contributed by atoms with Gasteiger partial charge < -0.3 is 28.3 Å². The second-order valence-electron chi connectivity index (χ2n) is 16.6. The summed E-state index contributed by atoms with van der Waals surface area (Å²) in [7, 11) is -1.81. The molecule has 0 saturated carbocycles. The Labute approximate surface area is 341 Å². The van der Waals surface area contributed by atoms with Crippen LogP contribution in [0.1, 0.15) is 80.1 Å². The molecular weight excluding hydrogens is 753 g/mol. The number of anilines is 1. The highest BCUT2D eigenvalue weighted by Crippen LogP contribution is 2.50. The Bertz CT molecular complexity index is 2110. The van der Waals surface area contributed by atoms with Crippen LogP contribution in [0.2, 0.25) is 5.04 Å². The van der Waals surface area contributed by atoms with Crippen LogP contribution in [0, 0.1) is 18.3 Å². The number of aromatic nitrogens is 1. The van der Waals surface area contributed by atoms with E-state index in [1.165, 1.54) is 11.3 Å². The van der Waals surface area contributed by atoms with Crippen molar-refractivity contribution in [2.75, 3.05) is 38.3 Å². The molecule has 0 spiro atoms. The van der Waals surface area contributed by atoms with Crippen LogP contribution in [0.25, 0.3) is 10.8 Å². The van der Waals surface area contributed by atoms with E-state index in [1.54, 1.807) is 19.6 Å². The molecule has 0 aliphatic carbocycles. The van der Waals surface area contributed by atoms with Crippen LogP contribution in [-0.2, 0) is 25.6 Å². The smallest absolute Gasteiger partial charge is 0.258 e. The second-order valence-corrected chi connectivity index (χ2v) is 21.5. The fourth-order valence-corrected chi connectivity index (χ4v) is 13.6. The van der Waals surface area contributed by atoms with Gasteiger partial charge in [0.2, 0.25) is 5.89 Å². The first kappa shape index (κ1) is 40.9. The molecule has 0 amide bonds. The normalized spacial score (nSPS) is 17.4. The first-order valence-corrected chi connectivity index (χ1v) is 22.6. The number of rotatable bonds is 15. The van der Waals surface area contributed by atoms with E-state index >= 15 is 9.59 Å². The molecule has 1 N–H and O–H groups in total. The summed E-state index contributed by atoms with van der Waals surface area (Å²) in [5, 5.41) is 1.68. The maximum absolute atomic E-state index is 15.0. The minimum atomic E-state index is -3.51. The van der Waals surface area contributed by atoms with Crippen molar-refractivity contribution in [3.05, 3.63) is 120 Å². The van der Waals surface area contributed by atoms with Crippen LogP contribution in [0.15, 0.2) is 102 Å². The average Bonchev–Trinajstić information content (AvgIpc) is 3.88. The number of benzene rings is 3. The van der Waals surface area contributed by atoms with Crippen LogP contribution in [0.5, 0.6) is 0 Å². The Hall–Kier alpha value is -4.23. The van der Waals surface area contributed by atoms with Crippen molar-refractivity contribution in [2.45, 2.75) is 77.7 Å². The van der Waals surface area contributed by atoms with Gasteiger partial charge in [-0.25, -0.2) is 4.98 Å². The quantitative estimate of drug-likeness (QED) is 0.106. The largest absolute Gasteiger partial charge is 0.444 e. The minimum absolute atomic E-state index is 0.00591. The van der Waals surface area contributed by atoms with E-state index < -0.39 is 24.7 Å². The first-order chi connectivity index (χ1) is 27.4.